The van der Waals surface area contributed by atoms with E-state index in [9.17, 15) is 0 Å². The number of terminal acetylenes is 1. The Labute approximate surface area is 55.6 Å². The van der Waals surface area contributed by atoms with E-state index < -0.39 is 0 Å². The summed E-state index contributed by atoms with van der Waals surface area (Å²) < 4.78 is 0. The Kier molecular flexibility index (Phi) is 1.55. The molecule has 1 aliphatic carbocycles. The summed E-state index contributed by atoms with van der Waals surface area (Å²) in [5, 5.41) is 0. The molecule has 0 radical (unpaired) electrons. The number of rotatable bonds is 0. The van der Waals surface area contributed by atoms with Gasteiger partial charge in [-0.3, -0.25) is 0 Å². The molecule has 0 aromatic carbocycles. The minimum Gasteiger partial charge on any atom is -0.119 e. The maximum Gasteiger partial charge on any atom is 0.0627 e. The van der Waals surface area contributed by atoms with Gasteiger partial charge in [0.05, 0.1) is 5.92 Å². The van der Waals surface area contributed by atoms with Crippen molar-refractivity contribution < 1.29 is 0 Å². The second kappa shape index (κ2) is 2.37. The number of hydrogen-bond acceptors (Lipinski definition) is 0. The van der Waals surface area contributed by atoms with Crippen LogP contribution in [0.25, 0.3) is 0 Å². The Morgan fingerprint density at radius 3 is 2.78 bits per heavy atom. The predicted octanol–water partition coefficient (Wildman–Crippen LogP) is 1.92. The monoisotopic (exact) mass is 116 g/mol. The molecule has 0 nitrogen and oxygen atoms in total. The van der Waals surface area contributed by atoms with Crippen molar-refractivity contribution in [3.8, 4) is 12.3 Å². The second-order valence-corrected chi connectivity index (χ2v) is 1.96. The molecule has 1 aliphatic rings. The van der Waals surface area contributed by atoms with Crippen molar-refractivity contribution in [3.63, 3.8) is 0 Å². The zero-order valence-electron chi connectivity index (χ0n) is 5.17. The molecule has 9 heavy (non-hydrogen) atoms. The molecule has 0 aromatic rings. The maximum atomic E-state index is 5.20. The van der Waals surface area contributed by atoms with Gasteiger partial charge >= 0.3 is 0 Å². The molecule has 0 amide bonds. The number of allylic oxidation sites excluding steroid dienone is 5. The van der Waals surface area contributed by atoms with E-state index in [1.54, 1.807) is 0 Å². The highest BCUT2D eigenvalue weighted by atomic mass is 14.1. The zero-order chi connectivity index (χ0) is 6.69. The quantitative estimate of drug-likeness (QED) is 0.424. The van der Waals surface area contributed by atoms with E-state index in [1.165, 1.54) is 0 Å². The molecule has 0 heteroatoms. The van der Waals surface area contributed by atoms with Gasteiger partial charge in [0.1, 0.15) is 0 Å². The summed E-state index contributed by atoms with van der Waals surface area (Å²) in [6.45, 7) is 3.79. The molecule has 1 unspecified atom stereocenters. The van der Waals surface area contributed by atoms with Crippen molar-refractivity contribution in [1.29, 1.82) is 0 Å². The first-order valence-corrected chi connectivity index (χ1v) is 2.84. The molecule has 44 valence electrons. The standard InChI is InChI=1S/C9H8/c1-3-9-7-5-4-6-8(9)2/h1,4-7,9H,2H2. The van der Waals surface area contributed by atoms with Gasteiger partial charge in [-0.1, -0.05) is 36.8 Å². The average molecular weight is 116 g/mol. The van der Waals surface area contributed by atoms with Gasteiger partial charge in [-0.15, -0.1) is 6.42 Å². The lowest BCUT2D eigenvalue weighted by Crippen LogP contribution is -1.95. The van der Waals surface area contributed by atoms with Crippen molar-refractivity contribution in [2.75, 3.05) is 0 Å². The van der Waals surface area contributed by atoms with E-state index >= 15 is 0 Å². The third kappa shape index (κ3) is 1.12. The first kappa shape index (κ1) is 5.91. The Hall–Kier alpha value is -1.22. The van der Waals surface area contributed by atoms with Crippen LogP contribution in [0.2, 0.25) is 0 Å². The normalized spacial score (nSPS) is 23.9. The van der Waals surface area contributed by atoms with Crippen LogP contribution < -0.4 is 0 Å². The zero-order valence-corrected chi connectivity index (χ0v) is 5.17. The molecule has 0 heterocycles. The smallest absolute Gasteiger partial charge is 0.0627 e. The van der Waals surface area contributed by atoms with E-state index in [-0.39, 0.29) is 5.92 Å². The van der Waals surface area contributed by atoms with E-state index in [2.05, 4.69) is 12.5 Å². The highest BCUT2D eigenvalue weighted by molar-refractivity contribution is 5.36. The molecule has 1 rings (SSSR count). The summed E-state index contributed by atoms with van der Waals surface area (Å²) in [5.41, 5.74) is 1.00. The van der Waals surface area contributed by atoms with Gasteiger partial charge in [0.2, 0.25) is 0 Å². The van der Waals surface area contributed by atoms with E-state index in [4.69, 9.17) is 6.42 Å². The summed E-state index contributed by atoms with van der Waals surface area (Å²) in [6.07, 6.45) is 13.0. The van der Waals surface area contributed by atoms with Gasteiger partial charge in [0.25, 0.3) is 0 Å². The minimum absolute atomic E-state index is 0.120. The molecule has 0 bridgehead atoms. The van der Waals surface area contributed by atoms with Crippen molar-refractivity contribution in [1.82, 2.24) is 0 Å². The van der Waals surface area contributed by atoms with E-state index in [0.717, 1.165) is 5.57 Å². The van der Waals surface area contributed by atoms with Gasteiger partial charge in [-0.25, -0.2) is 0 Å². The van der Waals surface area contributed by atoms with Crippen molar-refractivity contribution >= 4 is 0 Å². The summed E-state index contributed by atoms with van der Waals surface area (Å²) >= 11 is 0. The van der Waals surface area contributed by atoms with Crippen LogP contribution in [0.4, 0.5) is 0 Å². The van der Waals surface area contributed by atoms with Gasteiger partial charge in [0, 0.05) is 0 Å². The van der Waals surface area contributed by atoms with Crippen LogP contribution in [0.15, 0.2) is 36.5 Å². The third-order valence-corrected chi connectivity index (χ3v) is 1.30. The average Bonchev–Trinajstić information content (AvgIpc) is 1.89. The van der Waals surface area contributed by atoms with Crippen LogP contribution >= 0.6 is 0 Å². The number of hydrogen-bond donors (Lipinski definition) is 0. The first-order chi connectivity index (χ1) is 4.34. The Morgan fingerprint density at radius 2 is 2.33 bits per heavy atom. The fourth-order valence-corrected chi connectivity index (χ4v) is 0.744. The van der Waals surface area contributed by atoms with Crippen LogP contribution in [-0.4, -0.2) is 0 Å². The SMILES string of the molecule is C#CC1C=CC=CC1=C. The van der Waals surface area contributed by atoms with Crippen LogP contribution in [0.3, 0.4) is 0 Å². The highest BCUT2D eigenvalue weighted by Crippen LogP contribution is 2.14. The van der Waals surface area contributed by atoms with Crippen molar-refractivity contribution in [3.05, 3.63) is 36.5 Å². The molecule has 0 saturated carbocycles. The topological polar surface area (TPSA) is 0 Å². The molecule has 0 fully saturated rings. The molecule has 1 atom stereocenters. The van der Waals surface area contributed by atoms with Gasteiger partial charge in [0.15, 0.2) is 0 Å². The second-order valence-electron chi connectivity index (χ2n) is 1.96. The van der Waals surface area contributed by atoms with Crippen molar-refractivity contribution in [2.45, 2.75) is 0 Å². The fourth-order valence-electron chi connectivity index (χ4n) is 0.744. The summed E-state index contributed by atoms with van der Waals surface area (Å²) in [6, 6.07) is 0. The van der Waals surface area contributed by atoms with Crippen LogP contribution in [0.5, 0.6) is 0 Å². The molecular formula is C9H8. The Balaban J connectivity index is 2.81. The van der Waals surface area contributed by atoms with E-state index in [1.807, 2.05) is 24.3 Å². The van der Waals surface area contributed by atoms with Crippen LogP contribution in [-0.2, 0) is 0 Å². The lowest BCUT2D eigenvalue weighted by molar-refractivity contribution is 1.04. The molecule has 0 saturated heterocycles. The lowest BCUT2D eigenvalue weighted by atomic mass is 9.97. The van der Waals surface area contributed by atoms with Crippen LogP contribution in [0.1, 0.15) is 0 Å². The summed E-state index contributed by atoms with van der Waals surface area (Å²) in [4.78, 5) is 0. The largest absolute Gasteiger partial charge is 0.119 e. The minimum atomic E-state index is 0.120. The van der Waals surface area contributed by atoms with Gasteiger partial charge < -0.3 is 0 Å². The van der Waals surface area contributed by atoms with Gasteiger partial charge in [-0.2, -0.15) is 0 Å². The predicted molar refractivity (Wildman–Crippen MR) is 39.7 cm³/mol. The fraction of sp³-hybridized carbons (Fsp3) is 0.111. The summed E-state index contributed by atoms with van der Waals surface area (Å²) in [7, 11) is 0. The van der Waals surface area contributed by atoms with Crippen LogP contribution in [0, 0.1) is 18.3 Å². The molecule has 0 aliphatic heterocycles. The third-order valence-electron chi connectivity index (χ3n) is 1.30. The maximum absolute atomic E-state index is 5.20. The molecular weight excluding hydrogens is 108 g/mol. The highest BCUT2D eigenvalue weighted by Gasteiger charge is 2.02. The van der Waals surface area contributed by atoms with Crippen molar-refractivity contribution in [2.24, 2.45) is 5.92 Å². The summed E-state index contributed by atoms with van der Waals surface area (Å²) in [5.74, 6) is 2.74. The molecule has 0 N–H and O–H groups in total. The first-order valence-electron chi connectivity index (χ1n) is 2.84. The Bertz CT molecular complexity index is 211. The molecule has 0 aromatic heterocycles. The Morgan fingerprint density at radius 1 is 1.56 bits per heavy atom. The lowest BCUT2D eigenvalue weighted by Gasteiger charge is -2.06. The van der Waals surface area contributed by atoms with Gasteiger partial charge in [-0.05, 0) is 5.57 Å². The van der Waals surface area contributed by atoms with E-state index in [0.29, 0.717) is 0 Å². The molecule has 0 spiro atoms.